The van der Waals surface area contributed by atoms with Gasteiger partial charge in [-0.2, -0.15) is 8.42 Å². The van der Waals surface area contributed by atoms with Gasteiger partial charge in [-0.05, 0) is 19.3 Å². The van der Waals surface area contributed by atoms with E-state index in [2.05, 4.69) is 6.58 Å². The molecule has 76 valence electrons. The van der Waals surface area contributed by atoms with Crippen molar-refractivity contribution in [1.82, 2.24) is 0 Å². The fourth-order valence-corrected chi connectivity index (χ4v) is 2.15. The van der Waals surface area contributed by atoms with Crippen molar-refractivity contribution in [2.45, 2.75) is 31.0 Å². The number of hydrogen-bond donors (Lipinski definition) is 1. The molecule has 1 rings (SSSR count). The number of rotatable bonds is 5. The molecule has 13 heavy (non-hydrogen) atoms. The van der Waals surface area contributed by atoms with Gasteiger partial charge in [0.05, 0.1) is 12.4 Å². The van der Waals surface area contributed by atoms with E-state index in [1.807, 2.05) is 0 Å². The Morgan fingerprint density at radius 1 is 1.69 bits per heavy atom. The van der Waals surface area contributed by atoms with Crippen LogP contribution in [0.2, 0.25) is 0 Å². The van der Waals surface area contributed by atoms with Crippen LogP contribution >= 0.6 is 0 Å². The van der Waals surface area contributed by atoms with E-state index >= 15 is 0 Å². The fraction of sp³-hybridized carbons (Fsp3) is 0.750. The Balaban J connectivity index is 2.62. The molecule has 0 aromatic rings. The average molecular weight is 206 g/mol. The topological polar surface area (TPSA) is 63.6 Å². The number of aliphatic hydroxyl groups excluding tert-OH is 1. The Morgan fingerprint density at radius 2 is 2.23 bits per heavy atom. The van der Waals surface area contributed by atoms with Gasteiger partial charge in [-0.1, -0.05) is 6.08 Å². The lowest BCUT2D eigenvalue weighted by molar-refractivity contribution is 0.0246. The summed E-state index contributed by atoms with van der Waals surface area (Å²) in [5.74, 6) is 0. The van der Waals surface area contributed by atoms with Crippen LogP contribution in [0.25, 0.3) is 0 Å². The summed E-state index contributed by atoms with van der Waals surface area (Å²) in [4.78, 5) is 0. The maximum atomic E-state index is 10.8. The molecule has 4 nitrogen and oxygen atoms in total. The predicted molar refractivity (Wildman–Crippen MR) is 48.7 cm³/mol. The Morgan fingerprint density at radius 3 is 2.54 bits per heavy atom. The molecule has 0 spiro atoms. The molecule has 1 aliphatic rings. The van der Waals surface area contributed by atoms with E-state index in [0.29, 0.717) is 19.3 Å². The quantitative estimate of drug-likeness (QED) is 0.523. The zero-order chi connectivity index (χ0) is 10.1. The lowest BCUT2D eigenvalue weighted by atomic mass is 10.1. The zero-order valence-corrected chi connectivity index (χ0v) is 8.38. The van der Waals surface area contributed by atoms with E-state index < -0.39 is 21.8 Å². The van der Waals surface area contributed by atoms with Crippen LogP contribution in [0.5, 0.6) is 0 Å². The second-order valence-electron chi connectivity index (χ2n) is 3.39. The van der Waals surface area contributed by atoms with E-state index in [4.69, 9.17) is 4.18 Å². The maximum Gasteiger partial charge on any atom is 0.265 e. The van der Waals surface area contributed by atoms with Gasteiger partial charge in [0.2, 0.25) is 0 Å². The number of hydrogen-bond acceptors (Lipinski definition) is 4. The first-order valence-corrected chi connectivity index (χ1v) is 5.91. The van der Waals surface area contributed by atoms with E-state index in [0.717, 1.165) is 6.26 Å². The van der Waals surface area contributed by atoms with Crippen molar-refractivity contribution in [3.05, 3.63) is 12.7 Å². The highest BCUT2D eigenvalue weighted by Gasteiger charge is 2.52. The Labute approximate surface area is 78.3 Å². The molecule has 0 amide bonds. The molecule has 0 aromatic carbocycles. The van der Waals surface area contributed by atoms with Crippen molar-refractivity contribution < 1.29 is 17.7 Å². The Kier molecular flexibility index (Phi) is 2.79. The minimum atomic E-state index is -3.48. The summed E-state index contributed by atoms with van der Waals surface area (Å²) in [5, 5.41) is 9.54. The molecule has 0 saturated heterocycles. The average Bonchev–Trinajstić information content (AvgIpc) is 2.66. The normalized spacial score (nSPS) is 22.3. The SMILES string of the molecule is C=CC[C@H](O)C1(OS(C)(=O)=O)CC1. The molecule has 1 atom stereocenters. The standard InChI is InChI=1S/C8H14O4S/c1-3-4-7(9)8(5-6-8)12-13(2,10)11/h3,7,9H,1,4-6H2,2H3/t7-/m0/s1. The lowest BCUT2D eigenvalue weighted by Gasteiger charge is -2.19. The molecule has 1 fully saturated rings. The summed E-state index contributed by atoms with van der Waals surface area (Å²) in [6.45, 7) is 3.47. The molecule has 0 aromatic heterocycles. The van der Waals surface area contributed by atoms with Crippen molar-refractivity contribution in [3.63, 3.8) is 0 Å². The highest BCUT2D eigenvalue weighted by Crippen LogP contribution is 2.44. The van der Waals surface area contributed by atoms with Crippen LogP contribution in [0.1, 0.15) is 19.3 Å². The smallest absolute Gasteiger partial charge is 0.265 e. The summed E-state index contributed by atoms with van der Waals surface area (Å²) >= 11 is 0. The van der Waals surface area contributed by atoms with Gasteiger partial charge in [0.1, 0.15) is 5.60 Å². The molecule has 1 aliphatic carbocycles. The first-order chi connectivity index (χ1) is 5.90. The van der Waals surface area contributed by atoms with Crippen LogP contribution in [0.15, 0.2) is 12.7 Å². The van der Waals surface area contributed by atoms with Gasteiger partial charge < -0.3 is 5.11 Å². The second-order valence-corrected chi connectivity index (χ2v) is 4.97. The van der Waals surface area contributed by atoms with Gasteiger partial charge in [0.15, 0.2) is 0 Å². The monoisotopic (exact) mass is 206 g/mol. The van der Waals surface area contributed by atoms with Gasteiger partial charge in [-0.3, -0.25) is 4.18 Å². The molecule has 0 bridgehead atoms. The maximum absolute atomic E-state index is 10.8. The summed E-state index contributed by atoms with van der Waals surface area (Å²) in [5.41, 5.74) is -0.859. The van der Waals surface area contributed by atoms with E-state index in [-0.39, 0.29) is 0 Å². The van der Waals surface area contributed by atoms with Crippen LogP contribution in [-0.2, 0) is 14.3 Å². The van der Waals surface area contributed by atoms with Crippen molar-refractivity contribution in [2.75, 3.05) is 6.26 Å². The second kappa shape index (κ2) is 3.40. The minimum absolute atomic E-state index is 0.357. The third kappa shape index (κ3) is 2.79. The molecule has 1 N–H and O–H groups in total. The lowest BCUT2D eigenvalue weighted by Crippen LogP contribution is -2.32. The molecule has 0 aliphatic heterocycles. The van der Waals surface area contributed by atoms with Crippen molar-refractivity contribution >= 4 is 10.1 Å². The largest absolute Gasteiger partial charge is 0.390 e. The molecule has 0 heterocycles. The Bertz CT molecular complexity index is 289. The first kappa shape index (κ1) is 10.7. The fourth-order valence-electron chi connectivity index (χ4n) is 1.27. The molecule has 0 radical (unpaired) electrons. The summed E-state index contributed by atoms with van der Waals surface area (Å²) < 4.78 is 26.5. The van der Waals surface area contributed by atoms with Crippen LogP contribution in [0.3, 0.4) is 0 Å². The Hall–Kier alpha value is -0.390. The third-order valence-electron chi connectivity index (χ3n) is 2.06. The molecule has 1 saturated carbocycles. The van der Waals surface area contributed by atoms with Gasteiger partial charge in [0.25, 0.3) is 10.1 Å². The highest BCUT2D eigenvalue weighted by molar-refractivity contribution is 7.86. The predicted octanol–water partition coefficient (Wildman–Crippen LogP) is 0.432. The van der Waals surface area contributed by atoms with E-state index in [1.165, 1.54) is 0 Å². The summed E-state index contributed by atoms with van der Waals surface area (Å²) in [6, 6.07) is 0. The zero-order valence-electron chi connectivity index (χ0n) is 7.56. The third-order valence-corrected chi connectivity index (χ3v) is 2.69. The van der Waals surface area contributed by atoms with Gasteiger partial charge in [-0.15, -0.1) is 6.58 Å². The summed E-state index contributed by atoms with van der Waals surface area (Å²) in [7, 11) is -3.48. The van der Waals surface area contributed by atoms with Gasteiger partial charge in [0, 0.05) is 0 Å². The first-order valence-electron chi connectivity index (χ1n) is 4.09. The molecular formula is C8H14O4S. The minimum Gasteiger partial charge on any atom is -0.390 e. The van der Waals surface area contributed by atoms with Crippen molar-refractivity contribution in [2.24, 2.45) is 0 Å². The van der Waals surface area contributed by atoms with Crippen LogP contribution in [-0.4, -0.2) is 31.5 Å². The highest BCUT2D eigenvalue weighted by atomic mass is 32.2. The molecule has 5 heteroatoms. The van der Waals surface area contributed by atoms with Gasteiger partial charge >= 0.3 is 0 Å². The van der Waals surface area contributed by atoms with Crippen LogP contribution < -0.4 is 0 Å². The molecular weight excluding hydrogens is 192 g/mol. The van der Waals surface area contributed by atoms with E-state index in [1.54, 1.807) is 6.08 Å². The van der Waals surface area contributed by atoms with Crippen molar-refractivity contribution in [3.8, 4) is 0 Å². The van der Waals surface area contributed by atoms with E-state index in [9.17, 15) is 13.5 Å². The van der Waals surface area contributed by atoms with Crippen LogP contribution in [0.4, 0.5) is 0 Å². The van der Waals surface area contributed by atoms with Crippen LogP contribution in [0, 0.1) is 0 Å². The number of aliphatic hydroxyl groups is 1. The van der Waals surface area contributed by atoms with Crippen molar-refractivity contribution in [1.29, 1.82) is 0 Å². The summed E-state index contributed by atoms with van der Waals surface area (Å²) in [6.07, 6.45) is 3.32. The molecule has 0 unspecified atom stereocenters. The van der Waals surface area contributed by atoms with Gasteiger partial charge in [-0.25, -0.2) is 0 Å².